The first-order valence-electron chi connectivity index (χ1n) is 12.3. The van der Waals surface area contributed by atoms with Gasteiger partial charge < -0.3 is 24.6 Å². The molecule has 184 valence electrons. The molecule has 2 N–H and O–H groups in total. The lowest BCUT2D eigenvalue weighted by atomic mass is 9.96. The third-order valence-electron chi connectivity index (χ3n) is 7.09. The Hall–Kier alpha value is -2.94. The zero-order valence-electron chi connectivity index (χ0n) is 20.4. The number of benzene rings is 1. The number of aryl methyl sites for hydroxylation is 1. The number of ether oxygens (including phenoxy) is 1. The highest BCUT2D eigenvalue weighted by atomic mass is 32.1. The summed E-state index contributed by atoms with van der Waals surface area (Å²) in [6, 6.07) is 15.7. The van der Waals surface area contributed by atoms with Crippen LogP contribution < -0.4 is 5.32 Å². The molecule has 2 aliphatic heterocycles. The van der Waals surface area contributed by atoms with E-state index in [1.54, 1.807) is 6.07 Å². The molecule has 3 aromatic rings. The Morgan fingerprint density at radius 2 is 1.86 bits per heavy atom. The summed E-state index contributed by atoms with van der Waals surface area (Å²) < 4.78 is 7.63. The van der Waals surface area contributed by atoms with E-state index < -0.39 is 0 Å². The monoisotopic (exact) mass is 491 g/mol. The highest BCUT2D eigenvalue weighted by Crippen LogP contribution is 2.42. The fraction of sp³-hybridized carbons (Fsp3) is 0.407. The standard InChI is InChI=1S/C27H33N5O2S/c1-19-18-21(20(2)32(19)23-9-3-4-10-24(23)33)26-25(22-8-5-6-11-28-22)29-27(35)31(26)13-7-12-30-14-16-34-17-15-30/h3-6,8-11,18,25-26,33H,7,12-17H2,1-2H3,(H,29,35). The van der Waals surface area contributed by atoms with Crippen LogP contribution in [0.2, 0.25) is 0 Å². The Balaban J connectivity index is 1.48. The van der Waals surface area contributed by atoms with Gasteiger partial charge in [-0.05, 0) is 68.4 Å². The smallest absolute Gasteiger partial charge is 0.170 e. The minimum atomic E-state index is -0.0505. The second-order valence-corrected chi connectivity index (χ2v) is 9.66. The van der Waals surface area contributed by atoms with Gasteiger partial charge in [0.2, 0.25) is 0 Å². The number of hydrogen-bond acceptors (Lipinski definition) is 5. The number of rotatable bonds is 7. The van der Waals surface area contributed by atoms with Crippen LogP contribution in [-0.4, -0.2) is 69.0 Å². The van der Waals surface area contributed by atoms with Crippen molar-refractivity contribution in [2.24, 2.45) is 0 Å². The molecule has 2 fully saturated rings. The van der Waals surface area contributed by atoms with Crippen LogP contribution in [0.3, 0.4) is 0 Å². The molecule has 0 spiro atoms. The lowest BCUT2D eigenvalue weighted by Crippen LogP contribution is -2.39. The van der Waals surface area contributed by atoms with Crippen molar-refractivity contribution in [2.75, 3.05) is 39.4 Å². The minimum Gasteiger partial charge on any atom is -0.506 e. The Morgan fingerprint density at radius 3 is 2.60 bits per heavy atom. The highest BCUT2D eigenvalue weighted by Gasteiger charge is 2.41. The average molecular weight is 492 g/mol. The molecule has 8 heteroatoms. The Bertz CT molecular complexity index is 1180. The van der Waals surface area contributed by atoms with Gasteiger partial charge >= 0.3 is 0 Å². The van der Waals surface area contributed by atoms with Crippen molar-refractivity contribution in [3.05, 3.63) is 77.4 Å². The summed E-state index contributed by atoms with van der Waals surface area (Å²) in [6.07, 6.45) is 2.86. The number of para-hydroxylation sites is 2. The third-order valence-corrected chi connectivity index (χ3v) is 7.44. The number of phenols is 1. The summed E-state index contributed by atoms with van der Waals surface area (Å²) in [5.41, 5.74) is 5.13. The summed E-state index contributed by atoms with van der Waals surface area (Å²) in [4.78, 5) is 9.46. The van der Waals surface area contributed by atoms with Crippen LogP contribution in [0.15, 0.2) is 54.7 Å². The van der Waals surface area contributed by atoms with Gasteiger partial charge in [0.15, 0.2) is 5.11 Å². The highest BCUT2D eigenvalue weighted by molar-refractivity contribution is 7.80. The van der Waals surface area contributed by atoms with Crippen LogP contribution in [0.5, 0.6) is 5.75 Å². The summed E-state index contributed by atoms with van der Waals surface area (Å²) in [6.45, 7) is 9.70. The van der Waals surface area contributed by atoms with E-state index in [2.05, 4.69) is 50.6 Å². The SMILES string of the molecule is Cc1cc(C2C(c3ccccn3)NC(=S)N2CCCN2CCOCC2)c(C)n1-c1ccccc1O. The number of hydrogen-bond donors (Lipinski definition) is 2. The molecule has 0 bridgehead atoms. The van der Waals surface area contributed by atoms with Crippen molar-refractivity contribution in [2.45, 2.75) is 32.4 Å². The maximum Gasteiger partial charge on any atom is 0.170 e. The molecule has 5 rings (SSSR count). The van der Waals surface area contributed by atoms with Crippen LogP contribution in [0.1, 0.15) is 41.1 Å². The van der Waals surface area contributed by atoms with Crippen molar-refractivity contribution in [1.29, 1.82) is 0 Å². The first kappa shape index (κ1) is 23.8. The first-order chi connectivity index (χ1) is 17.0. The number of nitrogens with zero attached hydrogens (tertiary/aromatic N) is 4. The van der Waals surface area contributed by atoms with Crippen LogP contribution in [0.4, 0.5) is 0 Å². The molecule has 1 aromatic carbocycles. The topological polar surface area (TPSA) is 65.8 Å². The van der Waals surface area contributed by atoms with Gasteiger partial charge in [0.1, 0.15) is 5.75 Å². The Kier molecular flexibility index (Phi) is 7.04. The second kappa shape index (κ2) is 10.4. The molecule has 4 heterocycles. The number of aromatic nitrogens is 2. The molecule has 0 amide bonds. The summed E-state index contributed by atoms with van der Waals surface area (Å²) in [5, 5.41) is 14.9. The lowest BCUT2D eigenvalue weighted by Gasteiger charge is -2.30. The van der Waals surface area contributed by atoms with E-state index in [9.17, 15) is 5.11 Å². The lowest BCUT2D eigenvalue weighted by molar-refractivity contribution is 0.0365. The fourth-order valence-corrected chi connectivity index (χ4v) is 5.72. The predicted octanol–water partition coefficient (Wildman–Crippen LogP) is 3.89. The fourth-order valence-electron chi connectivity index (χ4n) is 5.39. The van der Waals surface area contributed by atoms with E-state index in [4.69, 9.17) is 17.0 Å². The van der Waals surface area contributed by atoms with Crippen LogP contribution in [0, 0.1) is 13.8 Å². The van der Waals surface area contributed by atoms with Gasteiger partial charge in [0, 0.05) is 43.8 Å². The van der Waals surface area contributed by atoms with Crippen LogP contribution in [-0.2, 0) is 4.74 Å². The zero-order valence-corrected chi connectivity index (χ0v) is 21.2. The van der Waals surface area contributed by atoms with Gasteiger partial charge in [-0.2, -0.15) is 0 Å². The van der Waals surface area contributed by atoms with Gasteiger partial charge in [0.05, 0.1) is 36.7 Å². The summed E-state index contributed by atoms with van der Waals surface area (Å²) in [5.74, 6) is 0.268. The Labute approximate surface area is 212 Å². The van der Waals surface area contributed by atoms with Crippen molar-refractivity contribution < 1.29 is 9.84 Å². The second-order valence-electron chi connectivity index (χ2n) is 9.28. The van der Waals surface area contributed by atoms with E-state index in [-0.39, 0.29) is 17.8 Å². The molecule has 2 atom stereocenters. The van der Waals surface area contributed by atoms with Gasteiger partial charge in [-0.1, -0.05) is 18.2 Å². The number of morpholine rings is 1. The minimum absolute atomic E-state index is 0.00731. The molecule has 0 aliphatic carbocycles. The van der Waals surface area contributed by atoms with Gasteiger partial charge in [0.25, 0.3) is 0 Å². The third kappa shape index (κ3) is 4.78. The maximum absolute atomic E-state index is 10.6. The molecule has 7 nitrogen and oxygen atoms in total. The van der Waals surface area contributed by atoms with Crippen molar-refractivity contribution in [3.8, 4) is 11.4 Å². The maximum atomic E-state index is 10.6. The quantitative estimate of drug-likeness (QED) is 0.486. The molecule has 35 heavy (non-hydrogen) atoms. The number of pyridine rings is 1. The zero-order chi connectivity index (χ0) is 24.4. The molecule has 0 saturated carbocycles. The van der Waals surface area contributed by atoms with Crippen LogP contribution in [0.25, 0.3) is 5.69 Å². The van der Waals surface area contributed by atoms with Crippen LogP contribution >= 0.6 is 12.2 Å². The van der Waals surface area contributed by atoms with E-state index in [1.807, 2.05) is 36.5 Å². The van der Waals surface area contributed by atoms with Crippen molar-refractivity contribution in [3.63, 3.8) is 0 Å². The normalized spacial score (nSPS) is 20.9. The first-order valence-corrected chi connectivity index (χ1v) is 12.7. The van der Waals surface area contributed by atoms with Crippen molar-refractivity contribution >= 4 is 17.3 Å². The van der Waals surface area contributed by atoms with Gasteiger partial charge in [-0.25, -0.2) is 0 Å². The average Bonchev–Trinajstić information content (AvgIpc) is 3.35. The molecule has 2 aliphatic rings. The molecule has 2 saturated heterocycles. The molecule has 2 aromatic heterocycles. The number of nitrogens with one attached hydrogen (secondary N) is 1. The van der Waals surface area contributed by atoms with Crippen molar-refractivity contribution in [1.82, 2.24) is 24.7 Å². The number of aromatic hydroxyl groups is 1. The number of phenolic OH excluding ortho intramolecular Hbond substituents is 1. The molecule has 0 radical (unpaired) electrons. The van der Waals surface area contributed by atoms with E-state index >= 15 is 0 Å². The van der Waals surface area contributed by atoms with Gasteiger partial charge in [-0.15, -0.1) is 0 Å². The van der Waals surface area contributed by atoms with E-state index in [0.29, 0.717) is 0 Å². The summed E-state index contributed by atoms with van der Waals surface area (Å²) >= 11 is 5.87. The largest absolute Gasteiger partial charge is 0.506 e. The van der Waals surface area contributed by atoms with E-state index in [1.165, 1.54) is 5.56 Å². The summed E-state index contributed by atoms with van der Waals surface area (Å²) in [7, 11) is 0. The molecule has 2 unspecified atom stereocenters. The Morgan fingerprint density at radius 1 is 1.09 bits per heavy atom. The van der Waals surface area contributed by atoms with E-state index in [0.717, 1.165) is 73.7 Å². The van der Waals surface area contributed by atoms with Gasteiger partial charge in [-0.3, -0.25) is 9.88 Å². The predicted molar refractivity (Wildman–Crippen MR) is 141 cm³/mol. The number of thiocarbonyl (C=S) groups is 1. The molecular formula is C27H33N5O2S. The molecular weight excluding hydrogens is 458 g/mol.